The van der Waals surface area contributed by atoms with Gasteiger partial charge in [-0.1, -0.05) is 6.07 Å². The number of primary sulfonamides is 1. The van der Waals surface area contributed by atoms with Crippen molar-refractivity contribution < 1.29 is 17.6 Å². The number of anilines is 1. The third-order valence-electron chi connectivity index (χ3n) is 2.61. The van der Waals surface area contributed by atoms with Gasteiger partial charge >= 0.3 is 0 Å². The van der Waals surface area contributed by atoms with Gasteiger partial charge in [0, 0.05) is 12.4 Å². The summed E-state index contributed by atoms with van der Waals surface area (Å²) >= 11 is 0. The zero-order chi connectivity index (χ0) is 15.5. The fourth-order valence-corrected chi connectivity index (χ4v) is 2.40. The molecule has 21 heavy (non-hydrogen) atoms. The second kappa shape index (κ2) is 5.98. The van der Waals surface area contributed by atoms with Crippen LogP contribution in [0.15, 0.2) is 47.6 Å². The number of nitrogens with one attached hydrogen (secondary N) is 1. The molecule has 8 heteroatoms. The van der Waals surface area contributed by atoms with Crippen LogP contribution < -0.4 is 10.5 Å². The summed E-state index contributed by atoms with van der Waals surface area (Å²) in [5.74, 6) is -1.18. The molecular formula is C13H12FN3O3S. The van der Waals surface area contributed by atoms with Crippen molar-refractivity contribution in [3.05, 3.63) is 54.1 Å². The van der Waals surface area contributed by atoms with Crippen LogP contribution in [0.5, 0.6) is 0 Å². The number of pyridine rings is 1. The predicted molar refractivity (Wildman–Crippen MR) is 74.3 cm³/mol. The molecule has 1 amide bonds. The molecule has 0 atom stereocenters. The fraction of sp³-hybridized carbons (Fsp3) is 0.0769. The minimum Gasteiger partial charge on any atom is -0.325 e. The van der Waals surface area contributed by atoms with Crippen molar-refractivity contribution in [1.29, 1.82) is 0 Å². The van der Waals surface area contributed by atoms with Crippen molar-refractivity contribution in [3.63, 3.8) is 0 Å². The molecule has 0 unspecified atom stereocenters. The maximum Gasteiger partial charge on any atom is 0.240 e. The van der Waals surface area contributed by atoms with Gasteiger partial charge in [0.05, 0.1) is 12.1 Å². The first kappa shape index (κ1) is 15.1. The average Bonchev–Trinajstić information content (AvgIpc) is 2.38. The Morgan fingerprint density at radius 3 is 2.71 bits per heavy atom. The standard InChI is InChI=1S/C13H12FN3O3S/c14-10-3-4-12(21(15,19)20)11(7-10)17-13(18)6-9-2-1-5-16-8-9/h1-5,7-8H,6H2,(H,17,18)(H2,15,19,20). The van der Waals surface area contributed by atoms with Gasteiger partial charge in [-0.15, -0.1) is 0 Å². The molecule has 1 heterocycles. The number of halogens is 1. The molecule has 2 rings (SSSR count). The van der Waals surface area contributed by atoms with E-state index in [4.69, 9.17) is 5.14 Å². The van der Waals surface area contributed by atoms with E-state index in [1.165, 1.54) is 6.20 Å². The van der Waals surface area contributed by atoms with Crippen LogP contribution in [-0.2, 0) is 21.2 Å². The van der Waals surface area contributed by atoms with Crippen LogP contribution in [0, 0.1) is 5.82 Å². The first-order valence-corrected chi connectivity index (χ1v) is 7.42. The van der Waals surface area contributed by atoms with Gasteiger partial charge in [-0.2, -0.15) is 0 Å². The summed E-state index contributed by atoms with van der Waals surface area (Å²) in [6.07, 6.45) is 3.05. The molecule has 0 radical (unpaired) electrons. The minimum atomic E-state index is -4.06. The van der Waals surface area contributed by atoms with Crippen LogP contribution in [-0.4, -0.2) is 19.3 Å². The molecule has 0 spiro atoms. The molecule has 3 N–H and O–H groups in total. The van der Waals surface area contributed by atoms with Gasteiger partial charge in [0.15, 0.2) is 0 Å². The van der Waals surface area contributed by atoms with Gasteiger partial charge < -0.3 is 5.32 Å². The molecule has 1 aromatic heterocycles. The number of amides is 1. The fourth-order valence-electron chi connectivity index (χ4n) is 1.73. The van der Waals surface area contributed by atoms with E-state index in [0.29, 0.717) is 5.56 Å². The molecule has 0 saturated heterocycles. The molecule has 1 aromatic carbocycles. The van der Waals surface area contributed by atoms with E-state index in [-0.39, 0.29) is 17.0 Å². The van der Waals surface area contributed by atoms with Crippen LogP contribution in [0.3, 0.4) is 0 Å². The zero-order valence-electron chi connectivity index (χ0n) is 10.8. The largest absolute Gasteiger partial charge is 0.325 e. The van der Waals surface area contributed by atoms with Crippen LogP contribution in [0.2, 0.25) is 0 Å². The predicted octanol–water partition coefficient (Wildman–Crippen LogP) is 1.05. The van der Waals surface area contributed by atoms with Crippen LogP contribution in [0.25, 0.3) is 0 Å². The van der Waals surface area contributed by atoms with Crippen LogP contribution in [0.1, 0.15) is 5.56 Å². The molecule has 0 fully saturated rings. The first-order valence-electron chi connectivity index (χ1n) is 5.87. The number of carbonyl (C=O) groups is 1. The second-order valence-electron chi connectivity index (χ2n) is 4.27. The Bertz CT molecular complexity index is 763. The Hall–Kier alpha value is -2.32. The number of hydrogen-bond acceptors (Lipinski definition) is 4. The van der Waals surface area contributed by atoms with Gasteiger partial charge in [-0.25, -0.2) is 17.9 Å². The summed E-state index contributed by atoms with van der Waals surface area (Å²) in [6, 6.07) is 6.22. The third kappa shape index (κ3) is 4.07. The quantitative estimate of drug-likeness (QED) is 0.881. The van der Waals surface area contributed by atoms with Gasteiger partial charge in [0.25, 0.3) is 0 Å². The van der Waals surface area contributed by atoms with Crippen LogP contribution >= 0.6 is 0 Å². The molecule has 0 aliphatic carbocycles. The molecule has 110 valence electrons. The number of carbonyl (C=O) groups excluding carboxylic acids is 1. The normalized spacial score (nSPS) is 11.1. The van der Waals surface area contributed by atoms with E-state index in [1.807, 2.05) is 0 Å². The number of sulfonamides is 1. The number of nitrogens with zero attached hydrogens (tertiary/aromatic N) is 1. The lowest BCUT2D eigenvalue weighted by Gasteiger charge is -2.09. The lowest BCUT2D eigenvalue weighted by Crippen LogP contribution is -2.19. The molecule has 0 aliphatic rings. The van der Waals surface area contributed by atoms with Crippen molar-refractivity contribution in [1.82, 2.24) is 4.98 Å². The third-order valence-corrected chi connectivity index (χ3v) is 3.58. The first-order chi connectivity index (χ1) is 9.86. The van der Waals surface area contributed by atoms with Crippen molar-refractivity contribution in [2.24, 2.45) is 5.14 Å². The Morgan fingerprint density at radius 2 is 2.10 bits per heavy atom. The Balaban J connectivity index is 2.23. The van der Waals surface area contributed by atoms with E-state index in [9.17, 15) is 17.6 Å². The maximum absolute atomic E-state index is 13.2. The molecule has 2 aromatic rings. The van der Waals surface area contributed by atoms with E-state index in [1.54, 1.807) is 18.3 Å². The maximum atomic E-state index is 13.2. The van der Waals surface area contributed by atoms with Gasteiger partial charge in [-0.3, -0.25) is 9.78 Å². The topological polar surface area (TPSA) is 102 Å². The highest BCUT2D eigenvalue weighted by Gasteiger charge is 2.16. The lowest BCUT2D eigenvalue weighted by atomic mass is 10.2. The van der Waals surface area contributed by atoms with E-state index in [2.05, 4.69) is 10.3 Å². The molecule has 6 nitrogen and oxygen atoms in total. The van der Waals surface area contributed by atoms with Gasteiger partial charge in [0.2, 0.25) is 15.9 Å². The highest BCUT2D eigenvalue weighted by molar-refractivity contribution is 7.89. The molecule has 0 bridgehead atoms. The molecular weight excluding hydrogens is 297 g/mol. The number of benzene rings is 1. The van der Waals surface area contributed by atoms with Gasteiger partial charge in [0.1, 0.15) is 10.7 Å². The van der Waals surface area contributed by atoms with Crippen LogP contribution in [0.4, 0.5) is 10.1 Å². The van der Waals surface area contributed by atoms with Crippen molar-refractivity contribution >= 4 is 21.6 Å². The minimum absolute atomic E-state index is 0.0194. The smallest absolute Gasteiger partial charge is 0.240 e. The van der Waals surface area contributed by atoms with E-state index >= 15 is 0 Å². The van der Waals surface area contributed by atoms with Gasteiger partial charge in [-0.05, 0) is 29.8 Å². The Kier molecular flexibility index (Phi) is 4.29. The number of nitrogens with two attached hydrogens (primary N) is 1. The monoisotopic (exact) mass is 309 g/mol. The summed E-state index contributed by atoms with van der Waals surface area (Å²) in [6.45, 7) is 0. The Morgan fingerprint density at radius 1 is 1.33 bits per heavy atom. The Labute approximate surface area is 120 Å². The molecule has 0 aliphatic heterocycles. The highest BCUT2D eigenvalue weighted by atomic mass is 32.2. The number of hydrogen-bond donors (Lipinski definition) is 2. The summed E-state index contributed by atoms with van der Waals surface area (Å²) < 4.78 is 36.0. The summed E-state index contributed by atoms with van der Waals surface area (Å²) in [5, 5.41) is 7.36. The zero-order valence-corrected chi connectivity index (χ0v) is 11.6. The highest BCUT2D eigenvalue weighted by Crippen LogP contribution is 2.21. The second-order valence-corrected chi connectivity index (χ2v) is 5.80. The summed E-state index contributed by atoms with van der Waals surface area (Å²) in [4.78, 5) is 15.4. The molecule has 0 saturated carbocycles. The average molecular weight is 309 g/mol. The summed E-state index contributed by atoms with van der Waals surface area (Å²) in [5.41, 5.74) is 0.454. The van der Waals surface area contributed by atoms with E-state index in [0.717, 1.165) is 18.2 Å². The van der Waals surface area contributed by atoms with E-state index < -0.39 is 21.7 Å². The van der Waals surface area contributed by atoms with Crippen molar-refractivity contribution in [2.45, 2.75) is 11.3 Å². The van der Waals surface area contributed by atoms with Crippen molar-refractivity contribution in [2.75, 3.05) is 5.32 Å². The van der Waals surface area contributed by atoms with Crippen molar-refractivity contribution in [3.8, 4) is 0 Å². The number of rotatable bonds is 4. The number of aromatic nitrogens is 1. The lowest BCUT2D eigenvalue weighted by molar-refractivity contribution is -0.115. The SMILES string of the molecule is NS(=O)(=O)c1ccc(F)cc1NC(=O)Cc1cccnc1. The summed E-state index contributed by atoms with van der Waals surface area (Å²) in [7, 11) is -4.06.